The van der Waals surface area contributed by atoms with Crippen molar-refractivity contribution < 1.29 is 19.0 Å². The summed E-state index contributed by atoms with van der Waals surface area (Å²) in [5, 5.41) is 8.87. The molecule has 0 bridgehead atoms. The van der Waals surface area contributed by atoms with Crippen LogP contribution in [0.5, 0.6) is 11.5 Å². The molecule has 0 unspecified atom stereocenters. The van der Waals surface area contributed by atoms with Crippen molar-refractivity contribution in [3.05, 3.63) is 42.2 Å². The van der Waals surface area contributed by atoms with Crippen molar-refractivity contribution >= 4 is 12.0 Å². The van der Waals surface area contributed by atoms with Crippen LogP contribution in [0.3, 0.4) is 0 Å². The molecule has 0 N–H and O–H groups in total. The van der Waals surface area contributed by atoms with Crippen molar-refractivity contribution in [3.8, 4) is 17.6 Å². The lowest BCUT2D eigenvalue weighted by molar-refractivity contribution is -0.133. The lowest BCUT2D eigenvalue weighted by atomic mass is 10.1. The van der Waals surface area contributed by atoms with Gasteiger partial charge in [0.1, 0.15) is 11.6 Å². The van der Waals surface area contributed by atoms with E-state index in [1.807, 2.05) is 0 Å². The number of esters is 1. The van der Waals surface area contributed by atoms with E-state index in [0.29, 0.717) is 17.1 Å². The third-order valence-corrected chi connectivity index (χ3v) is 2.24. The van der Waals surface area contributed by atoms with Crippen LogP contribution in [-0.2, 0) is 9.53 Å². The van der Waals surface area contributed by atoms with Crippen molar-refractivity contribution in [2.45, 2.75) is 0 Å². The van der Waals surface area contributed by atoms with Crippen LogP contribution >= 0.6 is 0 Å². The van der Waals surface area contributed by atoms with Gasteiger partial charge in [-0.1, -0.05) is 12.6 Å². The Morgan fingerprint density at radius 1 is 1.44 bits per heavy atom. The zero-order valence-electron chi connectivity index (χ0n) is 9.38. The Morgan fingerprint density at radius 3 is 2.94 bits per heavy atom. The molecule has 1 heterocycles. The Labute approximate surface area is 103 Å². The van der Waals surface area contributed by atoms with Gasteiger partial charge in [-0.25, -0.2) is 4.79 Å². The fourth-order valence-electron chi connectivity index (χ4n) is 1.45. The highest BCUT2D eigenvalue weighted by molar-refractivity contribution is 5.98. The minimum Gasteiger partial charge on any atom is -0.454 e. The molecule has 2 rings (SSSR count). The fourth-order valence-corrected chi connectivity index (χ4v) is 1.45. The molecule has 0 saturated heterocycles. The largest absolute Gasteiger partial charge is 0.454 e. The molecule has 0 amide bonds. The van der Waals surface area contributed by atoms with Gasteiger partial charge in [0, 0.05) is 0 Å². The van der Waals surface area contributed by atoms with Gasteiger partial charge in [-0.2, -0.15) is 5.26 Å². The number of nitriles is 1. The fraction of sp³-hybridized carbons (Fsp3) is 0.0769. The summed E-state index contributed by atoms with van der Waals surface area (Å²) in [5.41, 5.74) is 0.533. The van der Waals surface area contributed by atoms with Gasteiger partial charge in [-0.3, -0.25) is 0 Å². The quantitative estimate of drug-likeness (QED) is 0.351. The van der Waals surface area contributed by atoms with Gasteiger partial charge >= 0.3 is 5.97 Å². The molecule has 0 spiro atoms. The first kappa shape index (κ1) is 11.7. The van der Waals surface area contributed by atoms with Gasteiger partial charge in [-0.05, 0) is 23.8 Å². The summed E-state index contributed by atoms with van der Waals surface area (Å²) in [6.45, 7) is 3.43. The van der Waals surface area contributed by atoms with Crippen molar-refractivity contribution in [2.24, 2.45) is 0 Å². The number of carbonyl (C=O) groups is 1. The lowest BCUT2D eigenvalue weighted by Gasteiger charge is -1.99. The number of ether oxygens (including phenoxy) is 3. The summed E-state index contributed by atoms with van der Waals surface area (Å²) in [5.74, 6) is 0.475. The number of hydrogen-bond acceptors (Lipinski definition) is 5. The van der Waals surface area contributed by atoms with E-state index in [2.05, 4.69) is 11.3 Å². The molecule has 1 aliphatic rings. The van der Waals surface area contributed by atoms with Crippen LogP contribution in [0.4, 0.5) is 0 Å². The zero-order valence-corrected chi connectivity index (χ0v) is 9.38. The number of nitrogens with zero attached hydrogens (tertiary/aromatic N) is 1. The molecule has 0 fully saturated rings. The lowest BCUT2D eigenvalue weighted by Crippen LogP contribution is -2.01. The van der Waals surface area contributed by atoms with Crippen LogP contribution in [0.2, 0.25) is 0 Å². The van der Waals surface area contributed by atoms with E-state index in [-0.39, 0.29) is 12.4 Å². The molecule has 0 saturated carbocycles. The van der Waals surface area contributed by atoms with Crippen molar-refractivity contribution in [2.75, 3.05) is 6.79 Å². The maximum atomic E-state index is 11.4. The van der Waals surface area contributed by atoms with Gasteiger partial charge in [-0.15, -0.1) is 0 Å². The van der Waals surface area contributed by atoms with Crippen LogP contribution in [0.25, 0.3) is 6.08 Å². The molecule has 1 aromatic carbocycles. The van der Waals surface area contributed by atoms with Crippen LogP contribution in [0, 0.1) is 11.3 Å². The average Bonchev–Trinajstić information content (AvgIpc) is 2.83. The predicted molar refractivity (Wildman–Crippen MR) is 62.4 cm³/mol. The second-order valence-electron chi connectivity index (χ2n) is 3.35. The van der Waals surface area contributed by atoms with Crippen LogP contribution in [-0.4, -0.2) is 12.8 Å². The highest BCUT2D eigenvalue weighted by atomic mass is 16.7. The highest BCUT2D eigenvalue weighted by Crippen LogP contribution is 2.33. The Morgan fingerprint density at radius 2 is 2.22 bits per heavy atom. The van der Waals surface area contributed by atoms with Gasteiger partial charge in [0.2, 0.25) is 6.79 Å². The summed E-state index contributed by atoms with van der Waals surface area (Å²) < 4.78 is 14.9. The summed E-state index contributed by atoms with van der Waals surface area (Å²) in [4.78, 5) is 11.4. The second-order valence-corrected chi connectivity index (χ2v) is 3.35. The first-order valence-electron chi connectivity index (χ1n) is 5.08. The minimum absolute atomic E-state index is 0.117. The van der Waals surface area contributed by atoms with Crippen molar-refractivity contribution in [1.82, 2.24) is 0 Å². The summed E-state index contributed by atoms with van der Waals surface area (Å²) in [7, 11) is 0. The standard InChI is InChI=1S/C13H9NO4/c1-2-16-13(15)10(7-14)5-9-3-4-11-12(6-9)18-8-17-11/h2-6H,1,8H2/b10-5-. The average molecular weight is 243 g/mol. The van der Waals surface area contributed by atoms with E-state index in [1.165, 1.54) is 6.08 Å². The Bertz CT molecular complexity index is 569. The van der Waals surface area contributed by atoms with E-state index in [9.17, 15) is 4.79 Å². The third kappa shape index (κ3) is 2.33. The molecular formula is C13H9NO4. The molecule has 0 radical (unpaired) electrons. The van der Waals surface area contributed by atoms with E-state index >= 15 is 0 Å². The highest BCUT2D eigenvalue weighted by Gasteiger charge is 2.14. The zero-order chi connectivity index (χ0) is 13.0. The Kier molecular flexibility index (Phi) is 3.30. The molecule has 5 heteroatoms. The first-order chi connectivity index (χ1) is 8.74. The van der Waals surface area contributed by atoms with E-state index in [1.54, 1.807) is 24.3 Å². The Hall–Kier alpha value is -2.74. The number of rotatable bonds is 3. The maximum Gasteiger partial charge on any atom is 0.353 e. The molecular weight excluding hydrogens is 234 g/mol. The SMILES string of the molecule is C=COC(=O)/C(C#N)=C\c1ccc2c(c1)OCO2. The molecule has 0 aromatic heterocycles. The summed E-state index contributed by atoms with van der Waals surface area (Å²) in [6, 6.07) is 6.88. The van der Waals surface area contributed by atoms with Gasteiger partial charge in [0.05, 0.1) is 6.26 Å². The molecule has 1 aromatic rings. The molecule has 1 aliphatic heterocycles. The van der Waals surface area contributed by atoms with Crippen LogP contribution < -0.4 is 9.47 Å². The predicted octanol–water partition coefficient (Wildman–Crippen LogP) is 2.01. The van der Waals surface area contributed by atoms with E-state index in [4.69, 9.17) is 14.7 Å². The molecule has 90 valence electrons. The van der Waals surface area contributed by atoms with Gasteiger partial charge in [0.25, 0.3) is 0 Å². The van der Waals surface area contributed by atoms with E-state index in [0.717, 1.165) is 6.26 Å². The first-order valence-corrected chi connectivity index (χ1v) is 5.08. The smallest absolute Gasteiger partial charge is 0.353 e. The molecule has 18 heavy (non-hydrogen) atoms. The van der Waals surface area contributed by atoms with Crippen LogP contribution in [0.15, 0.2) is 36.6 Å². The van der Waals surface area contributed by atoms with Gasteiger partial charge < -0.3 is 14.2 Å². The van der Waals surface area contributed by atoms with E-state index < -0.39 is 5.97 Å². The summed E-state index contributed by atoms with van der Waals surface area (Å²) in [6.07, 6.45) is 2.39. The van der Waals surface area contributed by atoms with Crippen molar-refractivity contribution in [1.29, 1.82) is 5.26 Å². The van der Waals surface area contributed by atoms with Crippen LogP contribution in [0.1, 0.15) is 5.56 Å². The minimum atomic E-state index is -0.745. The molecule has 0 aliphatic carbocycles. The third-order valence-electron chi connectivity index (χ3n) is 2.24. The maximum absolute atomic E-state index is 11.4. The number of hydrogen-bond donors (Lipinski definition) is 0. The molecule has 5 nitrogen and oxygen atoms in total. The normalized spacial score (nSPS) is 12.7. The number of carbonyl (C=O) groups excluding carboxylic acids is 1. The Balaban J connectivity index is 2.28. The topological polar surface area (TPSA) is 68.6 Å². The summed E-state index contributed by atoms with van der Waals surface area (Å²) >= 11 is 0. The number of benzene rings is 1. The monoisotopic (exact) mass is 243 g/mol. The van der Waals surface area contributed by atoms with Crippen molar-refractivity contribution in [3.63, 3.8) is 0 Å². The molecule has 0 atom stereocenters. The van der Waals surface area contributed by atoms with Gasteiger partial charge in [0.15, 0.2) is 11.5 Å². The number of fused-ring (bicyclic) bond motifs is 1. The second kappa shape index (κ2) is 5.06.